The van der Waals surface area contributed by atoms with E-state index in [0.717, 1.165) is 23.0 Å². The number of ether oxygens (including phenoxy) is 1. The minimum absolute atomic E-state index is 0. The molecule has 3 rings (SSSR count). The fraction of sp³-hybridized carbons (Fsp3) is 0.316. The van der Waals surface area contributed by atoms with E-state index in [4.69, 9.17) is 4.74 Å². The Morgan fingerprint density at radius 3 is 2.58 bits per heavy atom. The topological polar surface area (TPSA) is 45.7 Å². The third-order valence-corrected chi connectivity index (χ3v) is 3.78. The Bertz CT molecular complexity index is 684. The Kier molecular flexibility index (Phi) is 6.90. The van der Waals surface area contributed by atoms with Gasteiger partial charge >= 0.3 is 0 Å². The van der Waals surface area contributed by atoms with Gasteiger partial charge in [-0.2, -0.15) is 0 Å². The van der Waals surface area contributed by atoms with Gasteiger partial charge in [0.15, 0.2) is 5.96 Å². The molecule has 4 nitrogen and oxygen atoms in total. The van der Waals surface area contributed by atoms with E-state index in [1.165, 1.54) is 18.4 Å². The summed E-state index contributed by atoms with van der Waals surface area (Å²) in [5.74, 6) is 2.57. The van der Waals surface area contributed by atoms with Crippen LogP contribution in [0.4, 0.5) is 0 Å². The SMILES string of the molecule is CN=C(NCc1ccc(C)cc1Oc1ccccc1)NC1CC1.I. The van der Waals surface area contributed by atoms with E-state index in [0.29, 0.717) is 12.6 Å². The third kappa shape index (κ3) is 5.40. The molecule has 1 saturated carbocycles. The summed E-state index contributed by atoms with van der Waals surface area (Å²) < 4.78 is 6.05. The van der Waals surface area contributed by atoms with Crippen molar-refractivity contribution in [3.8, 4) is 11.5 Å². The van der Waals surface area contributed by atoms with E-state index in [9.17, 15) is 0 Å². The van der Waals surface area contributed by atoms with Crippen LogP contribution in [0.2, 0.25) is 0 Å². The molecule has 24 heavy (non-hydrogen) atoms. The molecule has 5 heteroatoms. The van der Waals surface area contributed by atoms with Crippen LogP contribution < -0.4 is 15.4 Å². The monoisotopic (exact) mass is 437 g/mol. The first-order valence-corrected chi connectivity index (χ1v) is 8.04. The number of para-hydroxylation sites is 1. The zero-order valence-electron chi connectivity index (χ0n) is 14.1. The van der Waals surface area contributed by atoms with Crippen molar-refractivity contribution in [3.05, 3.63) is 59.7 Å². The number of nitrogens with zero attached hydrogens (tertiary/aromatic N) is 1. The molecular weight excluding hydrogens is 413 g/mol. The number of hydrogen-bond donors (Lipinski definition) is 2. The van der Waals surface area contributed by atoms with Crippen molar-refractivity contribution in [1.82, 2.24) is 10.6 Å². The van der Waals surface area contributed by atoms with Crippen molar-refractivity contribution in [2.24, 2.45) is 4.99 Å². The number of aryl methyl sites for hydroxylation is 1. The molecule has 2 N–H and O–H groups in total. The third-order valence-electron chi connectivity index (χ3n) is 3.78. The minimum atomic E-state index is 0. The molecule has 1 aliphatic carbocycles. The average molecular weight is 437 g/mol. The fourth-order valence-corrected chi connectivity index (χ4v) is 2.31. The smallest absolute Gasteiger partial charge is 0.191 e. The number of benzene rings is 2. The van der Waals surface area contributed by atoms with Crippen molar-refractivity contribution in [2.45, 2.75) is 32.4 Å². The lowest BCUT2D eigenvalue weighted by Crippen LogP contribution is -2.38. The van der Waals surface area contributed by atoms with Gasteiger partial charge in [-0.15, -0.1) is 24.0 Å². The largest absolute Gasteiger partial charge is 0.457 e. The van der Waals surface area contributed by atoms with Gasteiger partial charge in [-0.25, -0.2) is 0 Å². The number of rotatable bonds is 5. The number of halogens is 1. The zero-order valence-corrected chi connectivity index (χ0v) is 16.4. The molecule has 2 aromatic rings. The molecule has 0 saturated heterocycles. The molecule has 0 atom stereocenters. The molecule has 0 heterocycles. The highest BCUT2D eigenvalue weighted by Gasteiger charge is 2.22. The lowest BCUT2D eigenvalue weighted by atomic mass is 10.1. The first kappa shape index (κ1) is 18.6. The van der Waals surface area contributed by atoms with Crippen molar-refractivity contribution in [1.29, 1.82) is 0 Å². The van der Waals surface area contributed by atoms with Crippen LogP contribution in [0.25, 0.3) is 0 Å². The predicted molar refractivity (Wildman–Crippen MR) is 109 cm³/mol. The van der Waals surface area contributed by atoms with Crippen molar-refractivity contribution >= 4 is 29.9 Å². The molecule has 1 fully saturated rings. The van der Waals surface area contributed by atoms with Crippen LogP contribution in [0, 0.1) is 6.92 Å². The second-order valence-corrected chi connectivity index (χ2v) is 5.87. The molecule has 0 bridgehead atoms. The van der Waals surface area contributed by atoms with E-state index >= 15 is 0 Å². The molecule has 0 radical (unpaired) electrons. The van der Waals surface area contributed by atoms with Gasteiger partial charge < -0.3 is 15.4 Å². The van der Waals surface area contributed by atoms with Gasteiger partial charge in [-0.1, -0.05) is 30.3 Å². The van der Waals surface area contributed by atoms with Gasteiger partial charge in [0.1, 0.15) is 11.5 Å². The van der Waals surface area contributed by atoms with E-state index in [-0.39, 0.29) is 24.0 Å². The molecular formula is C19H24IN3O. The van der Waals surface area contributed by atoms with Crippen LogP contribution in [0.1, 0.15) is 24.0 Å². The molecule has 0 spiro atoms. The second kappa shape index (κ2) is 8.92. The molecule has 0 unspecified atom stereocenters. The molecule has 0 aliphatic heterocycles. The number of nitrogens with one attached hydrogen (secondary N) is 2. The summed E-state index contributed by atoms with van der Waals surface area (Å²) in [4.78, 5) is 4.27. The van der Waals surface area contributed by atoms with E-state index in [2.05, 4.69) is 40.7 Å². The van der Waals surface area contributed by atoms with E-state index < -0.39 is 0 Å². The van der Waals surface area contributed by atoms with Crippen molar-refractivity contribution < 1.29 is 4.74 Å². The maximum absolute atomic E-state index is 6.05. The number of guanidine groups is 1. The Morgan fingerprint density at radius 1 is 1.17 bits per heavy atom. The highest BCUT2D eigenvalue weighted by atomic mass is 127. The van der Waals surface area contributed by atoms with Crippen molar-refractivity contribution in [3.63, 3.8) is 0 Å². The van der Waals surface area contributed by atoms with Crippen LogP contribution in [0.5, 0.6) is 11.5 Å². The van der Waals surface area contributed by atoms with Gasteiger partial charge in [0.05, 0.1) is 0 Å². The summed E-state index contributed by atoms with van der Waals surface area (Å²) in [7, 11) is 1.80. The fourth-order valence-electron chi connectivity index (χ4n) is 2.31. The summed E-state index contributed by atoms with van der Waals surface area (Å²) in [5.41, 5.74) is 2.29. The predicted octanol–water partition coefficient (Wildman–Crippen LogP) is 4.23. The highest BCUT2D eigenvalue weighted by molar-refractivity contribution is 14.0. The second-order valence-electron chi connectivity index (χ2n) is 5.87. The molecule has 1 aliphatic rings. The summed E-state index contributed by atoms with van der Waals surface area (Å²) in [6.45, 7) is 2.75. The molecule has 2 aromatic carbocycles. The van der Waals surface area contributed by atoms with Gasteiger partial charge in [-0.05, 0) is 43.5 Å². The molecule has 0 aromatic heterocycles. The standard InChI is InChI=1S/C19H23N3O.HI/c1-14-8-9-15(13-21-19(20-2)22-16-10-11-16)18(12-14)23-17-6-4-3-5-7-17;/h3-9,12,16H,10-11,13H2,1-2H3,(H2,20,21,22);1H. The van der Waals surface area contributed by atoms with E-state index in [1.54, 1.807) is 7.05 Å². The summed E-state index contributed by atoms with van der Waals surface area (Å²) in [5, 5.41) is 6.75. The van der Waals surface area contributed by atoms with Crippen LogP contribution in [-0.2, 0) is 6.54 Å². The van der Waals surface area contributed by atoms with Crippen LogP contribution in [-0.4, -0.2) is 19.0 Å². The summed E-state index contributed by atoms with van der Waals surface area (Å²) in [6.07, 6.45) is 2.46. The highest BCUT2D eigenvalue weighted by Crippen LogP contribution is 2.26. The Labute approximate surface area is 160 Å². The Hall–Kier alpha value is -1.76. The Balaban J connectivity index is 0.00000208. The van der Waals surface area contributed by atoms with Gasteiger partial charge in [0.2, 0.25) is 0 Å². The maximum atomic E-state index is 6.05. The number of hydrogen-bond acceptors (Lipinski definition) is 2. The lowest BCUT2D eigenvalue weighted by molar-refractivity contribution is 0.474. The minimum Gasteiger partial charge on any atom is -0.457 e. The molecule has 128 valence electrons. The normalized spacial score (nSPS) is 13.8. The Morgan fingerprint density at radius 2 is 1.92 bits per heavy atom. The van der Waals surface area contributed by atoms with Crippen LogP contribution >= 0.6 is 24.0 Å². The van der Waals surface area contributed by atoms with Gasteiger partial charge in [-0.3, -0.25) is 4.99 Å². The van der Waals surface area contributed by atoms with Crippen molar-refractivity contribution in [2.75, 3.05) is 7.05 Å². The number of aliphatic imine (C=N–C) groups is 1. The summed E-state index contributed by atoms with van der Waals surface area (Å²) >= 11 is 0. The maximum Gasteiger partial charge on any atom is 0.191 e. The lowest BCUT2D eigenvalue weighted by Gasteiger charge is -2.15. The van der Waals surface area contributed by atoms with E-state index in [1.807, 2.05) is 30.3 Å². The average Bonchev–Trinajstić information content (AvgIpc) is 3.38. The van der Waals surface area contributed by atoms with Gasteiger partial charge in [0, 0.05) is 25.2 Å². The first-order valence-electron chi connectivity index (χ1n) is 8.04. The molecule has 0 amide bonds. The quantitative estimate of drug-likeness (QED) is 0.418. The zero-order chi connectivity index (χ0) is 16.1. The van der Waals surface area contributed by atoms with Crippen LogP contribution in [0.15, 0.2) is 53.5 Å². The summed E-state index contributed by atoms with van der Waals surface area (Å²) in [6, 6.07) is 16.7. The first-order chi connectivity index (χ1) is 11.2. The van der Waals surface area contributed by atoms with Gasteiger partial charge in [0.25, 0.3) is 0 Å². The van der Waals surface area contributed by atoms with Crippen LogP contribution in [0.3, 0.4) is 0 Å².